The fraction of sp³-hybridized carbons (Fsp3) is 0.222. The van der Waals surface area contributed by atoms with E-state index in [0.29, 0.717) is 22.6 Å². The summed E-state index contributed by atoms with van der Waals surface area (Å²) < 4.78 is 5.70. The second-order valence-electron chi connectivity index (χ2n) is 8.16. The first-order valence-electron chi connectivity index (χ1n) is 10.7. The molecule has 0 amide bonds. The average molecular weight is 460 g/mol. The number of aromatic hydroxyl groups is 1. The standard InChI is InChI=1S/C27H22ClNO4/c28-22-9-4-8-21(16-22)27(18-29,20-11-13-23(30)14-12-20)26(15-5-10-24(26)31)25(32)33-17-19-6-2-1-3-7-19/h1-4,6-9,11-14,16,30H,5,10,15,17H2/t26-,27?/m1/s1. The Kier molecular flexibility index (Phi) is 6.22. The Hall–Kier alpha value is -3.62. The summed E-state index contributed by atoms with van der Waals surface area (Å²) in [5.74, 6) is -1.06. The van der Waals surface area contributed by atoms with Gasteiger partial charge < -0.3 is 9.84 Å². The molecule has 1 aliphatic carbocycles. The van der Waals surface area contributed by atoms with Gasteiger partial charge in [-0.05, 0) is 53.8 Å². The van der Waals surface area contributed by atoms with Crippen molar-refractivity contribution in [3.8, 4) is 11.8 Å². The van der Waals surface area contributed by atoms with Gasteiger partial charge in [0.15, 0.2) is 11.2 Å². The van der Waals surface area contributed by atoms with E-state index in [4.69, 9.17) is 16.3 Å². The molecule has 33 heavy (non-hydrogen) atoms. The highest BCUT2D eigenvalue weighted by atomic mass is 35.5. The Bertz CT molecular complexity index is 1220. The fourth-order valence-electron chi connectivity index (χ4n) is 4.80. The minimum atomic E-state index is -1.75. The summed E-state index contributed by atoms with van der Waals surface area (Å²) in [4.78, 5) is 27.3. The fourth-order valence-corrected chi connectivity index (χ4v) is 4.99. The van der Waals surface area contributed by atoms with Gasteiger partial charge in [-0.25, -0.2) is 0 Å². The zero-order valence-electron chi connectivity index (χ0n) is 17.8. The number of benzene rings is 3. The number of nitriles is 1. The summed E-state index contributed by atoms with van der Waals surface area (Å²) in [5.41, 5.74) is -1.82. The highest BCUT2D eigenvalue weighted by molar-refractivity contribution is 6.30. The van der Waals surface area contributed by atoms with Crippen LogP contribution in [0.3, 0.4) is 0 Å². The molecule has 0 aliphatic heterocycles. The van der Waals surface area contributed by atoms with Crippen molar-refractivity contribution in [3.05, 3.63) is 101 Å². The Labute approximate surface area is 197 Å². The summed E-state index contributed by atoms with van der Waals surface area (Å²) >= 11 is 6.28. The minimum absolute atomic E-state index is 0.00939. The van der Waals surface area contributed by atoms with Crippen LogP contribution in [0.5, 0.6) is 5.75 Å². The lowest BCUT2D eigenvalue weighted by Crippen LogP contribution is -2.54. The number of ketones is 1. The van der Waals surface area contributed by atoms with Crippen LogP contribution in [0.25, 0.3) is 0 Å². The van der Waals surface area contributed by atoms with Gasteiger partial charge >= 0.3 is 5.97 Å². The predicted octanol–water partition coefficient (Wildman–Crippen LogP) is 5.34. The largest absolute Gasteiger partial charge is 0.508 e. The van der Waals surface area contributed by atoms with E-state index in [2.05, 4.69) is 6.07 Å². The van der Waals surface area contributed by atoms with Crippen molar-refractivity contribution in [2.75, 3.05) is 0 Å². The van der Waals surface area contributed by atoms with Crippen molar-refractivity contribution in [1.29, 1.82) is 5.26 Å². The number of esters is 1. The number of phenols is 1. The molecule has 0 aromatic heterocycles. The molecule has 4 rings (SSSR count). The summed E-state index contributed by atoms with van der Waals surface area (Å²) in [5, 5.41) is 20.9. The first-order chi connectivity index (χ1) is 15.9. The van der Waals surface area contributed by atoms with Crippen LogP contribution in [0.15, 0.2) is 78.9 Å². The molecule has 3 aromatic rings. The maximum Gasteiger partial charge on any atom is 0.322 e. The molecular weight excluding hydrogens is 438 g/mol. The number of rotatable bonds is 6. The molecule has 2 atom stereocenters. The van der Waals surface area contributed by atoms with E-state index in [9.17, 15) is 20.0 Å². The molecule has 1 aliphatic rings. The number of nitrogens with zero attached hydrogens (tertiary/aromatic N) is 1. The van der Waals surface area contributed by atoms with Crippen LogP contribution in [-0.2, 0) is 26.3 Å². The molecule has 1 saturated carbocycles. The first kappa shape index (κ1) is 22.6. The van der Waals surface area contributed by atoms with Gasteiger partial charge in [0.2, 0.25) is 0 Å². The number of hydrogen-bond donors (Lipinski definition) is 1. The monoisotopic (exact) mass is 459 g/mol. The van der Waals surface area contributed by atoms with Crippen LogP contribution in [0, 0.1) is 16.7 Å². The molecule has 0 heterocycles. The second-order valence-corrected chi connectivity index (χ2v) is 8.60. The molecule has 3 aromatic carbocycles. The van der Waals surface area contributed by atoms with E-state index in [-0.39, 0.29) is 31.0 Å². The van der Waals surface area contributed by atoms with Crippen molar-refractivity contribution >= 4 is 23.4 Å². The third-order valence-electron chi connectivity index (χ3n) is 6.36. The van der Waals surface area contributed by atoms with Gasteiger partial charge in [-0.2, -0.15) is 5.26 Å². The maximum atomic E-state index is 13.8. The third kappa shape index (κ3) is 3.77. The van der Waals surface area contributed by atoms with Crippen LogP contribution >= 0.6 is 11.6 Å². The van der Waals surface area contributed by atoms with Crippen molar-refractivity contribution in [2.45, 2.75) is 31.3 Å². The van der Waals surface area contributed by atoms with Gasteiger partial charge in [-0.15, -0.1) is 0 Å². The predicted molar refractivity (Wildman–Crippen MR) is 123 cm³/mol. The van der Waals surface area contributed by atoms with Gasteiger partial charge in [-0.3, -0.25) is 9.59 Å². The van der Waals surface area contributed by atoms with E-state index in [1.54, 1.807) is 36.4 Å². The van der Waals surface area contributed by atoms with Crippen molar-refractivity contribution in [1.82, 2.24) is 0 Å². The third-order valence-corrected chi connectivity index (χ3v) is 6.59. The summed E-state index contributed by atoms with van der Waals surface area (Å²) in [6.07, 6.45) is 0.796. The van der Waals surface area contributed by atoms with Crippen molar-refractivity contribution in [3.63, 3.8) is 0 Å². The molecule has 0 spiro atoms. The molecule has 0 radical (unpaired) electrons. The maximum absolute atomic E-state index is 13.8. The lowest BCUT2D eigenvalue weighted by molar-refractivity contribution is -0.163. The molecule has 0 saturated heterocycles. The molecule has 6 heteroatoms. The average Bonchev–Trinajstić information content (AvgIpc) is 3.22. The molecule has 1 fully saturated rings. The number of Topliss-reactive ketones (excluding diaryl/α,β-unsaturated/α-hetero) is 1. The Balaban J connectivity index is 1.91. The quantitative estimate of drug-likeness (QED) is 0.397. The topological polar surface area (TPSA) is 87.4 Å². The Morgan fingerprint density at radius 2 is 1.79 bits per heavy atom. The van der Waals surface area contributed by atoms with Gasteiger partial charge in [0, 0.05) is 11.4 Å². The van der Waals surface area contributed by atoms with E-state index in [1.165, 1.54) is 12.1 Å². The molecule has 1 unspecified atom stereocenters. The minimum Gasteiger partial charge on any atom is -0.508 e. The van der Waals surface area contributed by atoms with Crippen LogP contribution in [0.1, 0.15) is 36.0 Å². The number of carbonyl (C=O) groups excluding carboxylic acids is 2. The number of carbonyl (C=O) groups is 2. The molecular formula is C27H22ClNO4. The van der Waals surface area contributed by atoms with Crippen LogP contribution in [0.4, 0.5) is 0 Å². The number of halogens is 1. The van der Waals surface area contributed by atoms with Crippen molar-refractivity contribution in [2.24, 2.45) is 5.41 Å². The van der Waals surface area contributed by atoms with Crippen LogP contribution < -0.4 is 0 Å². The molecule has 0 bridgehead atoms. The summed E-state index contributed by atoms with van der Waals surface area (Å²) in [6, 6.07) is 24.2. The first-order valence-corrected chi connectivity index (χ1v) is 11.0. The van der Waals surface area contributed by atoms with E-state index >= 15 is 0 Å². The highest BCUT2D eigenvalue weighted by Gasteiger charge is 2.66. The van der Waals surface area contributed by atoms with Crippen LogP contribution in [-0.4, -0.2) is 16.9 Å². The smallest absolute Gasteiger partial charge is 0.322 e. The van der Waals surface area contributed by atoms with Gasteiger partial charge in [0.25, 0.3) is 0 Å². The lowest BCUT2D eigenvalue weighted by atomic mass is 9.56. The number of phenolic OH excluding ortho intramolecular Hbond substituents is 1. The molecule has 1 N–H and O–H groups in total. The van der Waals surface area contributed by atoms with Crippen molar-refractivity contribution < 1.29 is 19.4 Å². The Morgan fingerprint density at radius 3 is 2.39 bits per heavy atom. The lowest BCUT2D eigenvalue weighted by Gasteiger charge is -2.41. The van der Waals surface area contributed by atoms with Gasteiger partial charge in [0.1, 0.15) is 17.8 Å². The van der Waals surface area contributed by atoms with E-state index in [0.717, 1.165) is 5.56 Å². The summed E-state index contributed by atoms with van der Waals surface area (Å²) in [6.45, 7) is -0.0126. The SMILES string of the molecule is N#CC(c1ccc(O)cc1)(c1cccc(Cl)c1)[C@]1(C(=O)OCc2ccccc2)CCCC1=O. The number of ether oxygens (including phenoxy) is 1. The number of hydrogen-bond acceptors (Lipinski definition) is 5. The molecule has 5 nitrogen and oxygen atoms in total. The van der Waals surface area contributed by atoms with E-state index in [1.807, 2.05) is 30.3 Å². The van der Waals surface area contributed by atoms with Crippen LogP contribution in [0.2, 0.25) is 5.02 Å². The van der Waals surface area contributed by atoms with E-state index < -0.39 is 16.8 Å². The van der Waals surface area contributed by atoms with Gasteiger partial charge in [0.05, 0.1) is 6.07 Å². The van der Waals surface area contributed by atoms with Gasteiger partial charge in [-0.1, -0.05) is 66.2 Å². The summed E-state index contributed by atoms with van der Waals surface area (Å²) in [7, 11) is 0. The molecule has 166 valence electrons. The zero-order valence-corrected chi connectivity index (χ0v) is 18.6. The highest BCUT2D eigenvalue weighted by Crippen LogP contribution is 2.55. The second kappa shape index (κ2) is 9.09. The normalized spacial score (nSPS) is 19.5. The Morgan fingerprint density at radius 1 is 1.06 bits per heavy atom. The zero-order chi connectivity index (χ0) is 23.5.